The molecule has 0 aliphatic heterocycles. The number of aldehydes is 1. The number of hydrogen-bond acceptors (Lipinski definition) is 2. The van der Waals surface area contributed by atoms with Gasteiger partial charge in [0.15, 0.2) is 8.32 Å². The molecule has 2 nitrogen and oxygen atoms in total. The second-order valence-corrected chi connectivity index (χ2v) is 17.2. The molecule has 0 N–H and O–H groups in total. The van der Waals surface area contributed by atoms with E-state index in [1.54, 1.807) is 0 Å². The Balaban J connectivity index is 4.95. The minimum Gasteiger partial charge on any atom is -0.410 e. The van der Waals surface area contributed by atoms with Gasteiger partial charge in [0.25, 0.3) is 0 Å². The third-order valence-corrected chi connectivity index (χ3v) is 8.85. The molecule has 0 heterocycles. The topological polar surface area (TPSA) is 26.3 Å². The van der Waals surface area contributed by atoms with Crippen molar-refractivity contribution < 1.29 is 9.22 Å². The van der Waals surface area contributed by atoms with E-state index in [4.69, 9.17) is 4.43 Å². The first-order chi connectivity index (χ1) is 8.89. The lowest BCUT2D eigenvalue weighted by atomic mass is 10.2. The number of carbonyl (C=O) groups excluding carboxylic acids is 1. The Morgan fingerprint density at radius 3 is 2.10 bits per heavy atom. The molecule has 0 aromatic heterocycles. The fraction of sp³-hybridized carbons (Fsp3) is 0.688. The summed E-state index contributed by atoms with van der Waals surface area (Å²) in [5, 5.41) is 0.159. The molecular formula is C16H30O2Si2. The van der Waals surface area contributed by atoms with E-state index in [1.165, 1.54) is 6.08 Å². The van der Waals surface area contributed by atoms with Crippen LogP contribution in [0.3, 0.4) is 0 Å². The van der Waals surface area contributed by atoms with Crippen molar-refractivity contribution in [3.63, 3.8) is 0 Å². The number of hydrogen-bond donors (Lipinski definition) is 0. The smallest absolute Gasteiger partial charge is 0.192 e. The zero-order chi connectivity index (χ0) is 16.0. The molecule has 114 valence electrons. The first kappa shape index (κ1) is 19.4. The molecule has 0 aromatic carbocycles. The van der Waals surface area contributed by atoms with Crippen LogP contribution >= 0.6 is 0 Å². The highest BCUT2D eigenvalue weighted by atomic mass is 28.4. The van der Waals surface area contributed by atoms with Crippen molar-refractivity contribution >= 4 is 22.7 Å². The van der Waals surface area contributed by atoms with E-state index in [2.05, 4.69) is 65.0 Å². The van der Waals surface area contributed by atoms with Gasteiger partial charge in [-0.2, -0.15) is 0 Å². The van der Waals surface area contributed by atoms with Crippen molar-refractivity contribution in [3.05, 3.63) is 12.2 Å². The third-order valence-electron chi connectivity index (χ3n) is 3.42. The fourth-order valence-corrected chi connectivity index (χ4v) is 3.20. The predicted octanol–water partition coefficient (Wildman–Crippen LogP) is 4.40. The monoisotopic (exact) mass is 310 g/mol. The predicted molar refractivity (Wildman–Crippen MR) is 93.0 cm³/mol. The Hall–Kier alpha value is -0.636. The molecule has 0 aliphatic carbocycles. The van der Waals surface area contributed by atoms with Crippen LogP contribution in [0.25, 0.3) is 0 Å². The molecule has 20 heavy (non-hydrogen) atoms. The molecule has 0 unspecified atom stereocenters. The van der Waals surface area contributed by atoms with E-state index in [9.17, 15) is 4.79 Å². The quantitative estimate of drug-likeness (QED) is 0.325. The van der Waals surface area contributed by atoms with Gasteiger partial charge in [-0.15, -0.1) is 11.5 Å². The molecule has 0 fully saturated rings. The zero-order valence-corrected chi connectivity index (χ0v) is 16.3. The van der Waals surface area contributed by atoms with Gasteiger partial charge in [0, 0.05) is 6.42 Å². The van der Waals surface area contributed by atoms with Gasteiger partial charge in [-0.25, -0.2) is 0 Å². The SMILES string of the molecule is CC(C)(C)[Si](C)(C)O[C@@H](/C=C/C=O)CC#C[Si](C)(C)C. The molecule has 0 aromatic rings. The Morgan fingerprint density at radius 2 is 1.70 bits per heavy atom. The summed E-state index contributed by atoms with van der Waals surface area (Å²) < 4.78 is 6.33. The highest BCUT2D eigenvalue weighted by molar-refractivity contribution is 6.83. The maximum absolute atomic E-state index is 10.5. The van der Waals surface area contributed by atoms with Crippen LogP contribution in [0.2, 0.25) is 37.8 Å². The van der Waals surface area contributed by atoms with E-state index in [1.807, 2.05) is 6.08 Å². The summed E-state index contributed by atoms with van der Waals surface area (Å²) in [6.45, 7) is 17.8. The average molecular weight is 311 g/mol. The summed E-state index contributed by atoms with van der Waals surface area (Å²) in [7, 11) is -3.19. The fourth-order valence-electron chi connectivity index (χ4n) is 1.29. The lowest BCUT2D eigenvalue weighted by Crippen LogP contribution is -2.43. The van der Waals surface area contributed by atoms with Gasteiger partial charge in [0.2, 0.25) is 0 Å². The summed E-state index contributed by atoms with van der Waals surface area (Å²) >= 11 is 0. The first-order valence-corrected chi connectivity index (χ1v) is 13.6. The summed E-state index contributed by atoms with van der Waals surface area (Å²) in [6.07, 6.45) is 4.75. The Bertz CT molecular complexity index is 401. The van der Waals surface area contributed by atoms with Crippen LogP contribution in [0, 0.1) is 11.5 Å². The van der Waals surface area contributed by atoms with Crippen molar-refractivity contribution in [2.24, 2.45) is 0 Å². The van der Waals surface area contributed by atoms with Gasteiger partial charge >= 0.3 is 0 Å². The second kappa shape index (κ2) is 7.39. The third kappa shape index (κ3) is 7.83. The molecule has 0 saturated heterocycles. The van der Waals surface area contributed by atoms with E-state index in [-0.39, 0.29) is 11.1 Å². The molecule has 0 aliphatic rings. The summed E-state index contributed by atoms with van der Waals surface area (Å²) in [5.74, 6) is 3.25. The van der Waals surface area contributed by atoms with Crippen molar-refractivity contribution in [3.8, 4) is 11.5 Å². The van der Waals surface area contributed by atoms with Crippen LogP contribution < -0.4 is 0 Å². The van der Waals surface area contributed by atoms with Gasteiger partial charge in [-0.3, -0.25) is 4.79 Å². The average Bonchev–Trinajstić information content (AvgIpc) is 2.21. The van der Waals surface area contributed by atoms with Crippen LogP contribution in [0.4, 0.5) is 0 Å². The van der Waals surface area contributed by atoms with Crippen molar-refractivity contribution in [2.45, 2.75) is 71.1 Å². The van der Waals surface area contributed by atoms with E-state index >= 15 is 0 Å². The standard InChI is InChI=1S/C16H30O2Si2/c1-16(2,3)20(7,8)18-15(11-9-13-17)12-10-14-19(4,5)6/h9,11,13,15H,12H2,1-8H3/b11-9+/t15-/m0/s1. The molecule has 0 spiro atoms. The zero-order valence-electron chi connectivity index (χ0n) is 14.3. The maximum atomic E-state index is 10.5. The van der Waals surface area contributed by atoms with Crippen LogP contribution in [-0.2, 0) is 9.22 Å². The first-order valence-electron chi connectivity index (χ1n) is 7.19. The van der Waals surface area contributed by atoms with E-state index in [0.717, 1.165) is 6.29 Å². The largest absolute Gasteiger partial charge is 0.410 e. The second-order valence-electron chi connectivity index (χ2n) is 7.69. The number of allylic oxidation sites excluding steroid dienone is 1. The molecule has 0 rings (SSSR count). The van der Waals surface area contributed by atoms with Gasteiger partial charge in [-0.05, 0) is 24.2 Å². The van der Waals surface area contributed by atoms with Crippen molar-refractivity contribution in [1.82, 2.24) is 0 Å². The van der Waals surface area contributed by atoms with Crippen LogP contribution in [0.1, 0.15) is 27.2 Å². The van der Waals surface area contributed by atoms with E-state index < -0.39 is 16.4 Å². The lowest BCUT2D eigenvalue weighted by molar-refractivity contribution is -0.104. The van der Waals surface area contributed by atoms with Crippen LogP contribution in [-0.4, -0.2) is 28.8 Å². The number of carbonyl (C=O) groups is 1. The minimum atomic E-state index is -1.84. The molecule has 0 radical (unpaired) electrons. The summed E-state index contributed by atoms with van der Waals surface area (Å²) in [5.41, 5.74) is 3.36. The Labute approximate surface area is 127 Å². The molecule has 0 saturated carbocycles. The van der Waals surface area contributed by atoms with Gasteiger partial charge in [-0.1, -0.05) is 46.5 Å². The van der Waals surface area contributed by atoms with Crippen LogP contribution in [0.5, 0.6) is 0 Å². The summed E-state index contributed by atoms with van der Waals surface area (Å²) in [6, 6.07) is 0. The molecule has 0 amide bonds. The maximum Gasteiger partial charge on any atom is 0.192 e. The van der Waals surface area contributed by atoms with Crippen molar-refractivity contribution in [2.75, 3.05) is 0 Å². The van der Waals surface area contributed by atoms with Crippen molar-refractivity contribution in [1.29, 1.82) is 0 Å². The van der Waals surface area contributed by atoms with Crippen LogP contribution in [0.15, 0.2) is 12.2 Å². The summed E-state index contributed by atoms with van der Waals surface area (Å²) in [4.78, 5) is 10.5. The molecular weight excluding hydrogens is 280 g/mol. The lowest BCUT2D eigenvalue weighted by Gasteiger charge is -2.38. The number of rotatable bonds is 5. The molecule has 4 heteroatoms. The van der Waals surface area contributed by atoms with Gasteiger partial charge < -0.3 is 4.43 Å². The van der Waals surface area contributed by atoms with Gasteiger partial charge in [0.05, 0.1) is 6.10 Å². The highest BCUT2D eigenvalue weighted by Gasteiger charge is 2.38. The minimum absolute atomic E-state index is 0.0788. The highest BCUT2D eigenvalue weighted by Crippen LogP contribution is 2.37. The Morgan fingerprint density at radius 1 is 1.15 bits per heavy atom. The Kier molecular flexibility index (Phi) is 7.16. The van der Waals surface area contributed by atoms with E-state index in [0.29, 0.717) is 6.42 Å². The van der Waals surface area contributed by atoms with Gasteiger partial charge in [0.1, 0.15) is 14.4 Å². The molecule has 1 atom stereocenters. The molecule has 0 bridgehead atoms. The normalized spacial score (nSPS) is 14.8.